The second kappa shape index (κ2) is 9.56. The van der Waals surface area contributed by atoms with E-state index in [1.165, 1.54) is 17.3 Å². The number of amides is 1. The number of hydrogen-bond acceptors (Lipinski definition) is 6. The van der Waals surface area contributed by atoms with Crippen molar-refractivity contribution in [3.8, 4) is 10.7 Å². The van der Waals surface area contributed by atoms with Crippen LogP contribution in [-0.2, 0) is 22.5 Å². The van der Waals surface area contributed by atoms with Crippen LogP contribution in [0.1, 0.15) is 25.3 Å². The van der Waals surface area contributed by atoms with Crippen molar-refractivity contribution in [1.29, 1.82) is 0 Å². The third kappa shape index (κ3) is 5.07. The highest BCUT2D eigenvalue weighted by atomic mass is 32.2. The van der Waals surface area contributed by atoms with Crippen molar-refractivity contribution in [1.82, 2.24) is 14.8 Å². The van der Waals surface area contributed by atoms with E-state index >= 15 is 0 Å². The Balaban J connectivity index is 1.43. The van der Waals surface area contributed by atoms with E-state index in [1.807, 2.05) is 41.8 Å². The number of thioether (sulfide) groups is 1. The Kier molecular flexibility index (Phi) is 6.63. The van der Waals surface area contributed by atoms with Gasteiger partial charge in [0.2, 0.25) is 5.91 Å². The Morgan fingerprint density at radius 3 is 2.86 bits per heavy atom. The van der Waals surface area contributed by atoms with E-state index in [2.05, 4.69) is 27.0 Å². The number of benzene rings is 1. The highest BCUT2D eigenvalue weighted by Gasteiger charge is 2.22. The SMILES string of the molecule is CCc1ccc(NC(=O)CSc2nnc(-c3cccs3)n2CC2CCCO2)cc1. The van der Waals surface area contributed by atoms with E-state index in [9.17, 15) is 4.79 Å². The lowest BCUT2D eigenvalue weighted by molar-refractivity contribution is -0.113. The van der Waals surface area contributed by atoms with Crippen LogP contribution < -0.4 is 5.32 Å². The monoisotopic (exact) mass is 428 g/mol. The number of anilines is 1. The van der Waals surface area contributed by atoms with Crippen LogP contribution in [0.2, 0.25) is 0 Å². The zero-order chi connectivity index (χ0) is 20.1. The number of ether oxygens (including phenoxy) is 1. The quantitative estimate of drug-likeness (QED) is 0.536. The van der Waals surface area contributed by atoms with Crippen molar-refractivity contribution < 1.29 is 9.53 Å². The second-order valence-corrected chi connectivity index (χ2v) is 8.81. The molecule has 1 N–H and O–H groups in total. The predicted octanol–water partition coefficient (Wildman–Crippen LogP) is 4.48. The van der Waals surface area contributed by atoms with E-state index in [1.54, 1.807) is 11.3 Å². The average molecular weight is 429 g/mol. The molecule has 3 heterocycles. The van der Waals surface area contributed by atoms with Gasteiger partial charge in [-0.2, -0.15) is 0 Å². The van der Waals surface area contributed by atoms with Gasteiger partial charge >= 0.3 is 0 Å². The number of carbonyl (C=O) groups is 1. The smallest absolute Gasteiger partial charge is 0.234 e. The van der Waals surface area contributed by atoms with Crippen LogP contribution in [0.15, 0.2) is 46.9 Å². The summed E-state index contributed by atoms with van der Waals surface area (Å²) in [7, 11) is 0. The largest absolute Gasteiger partial charge is 0.376 e. The normalized spacial score (nSPS) is 16.2. The first-order chi connectivity index (χ1) is 14.2. The molecule has 1 amide bonds. The van der Waals surface area contributed by atoms with Gasteiger partial charge < -0.3 is 10.1 Å². The summed E-state index contributed by atoms with van der Waals surface area (Å²) in [5.41, 5.74) is 2.06. The summed E-state index contributed by atoms with van der Waals surface area (Å²) in [5, 5.41) is 14.5. The number of thiophene rings is 1. The molecule has 1 aromatic carbocycles. The zero-order valence-corrected chi connectivity index (χ0v) is 18.0. The third-order valence-electron chi connectivity index (χ3n) is 4.85. The number of aromatic nitrogens is 3. The Labute approximate surface area is 178 Å². The van der Waals surface area contributed by atoms with Gasteiger partial charge in [0.15, 0.2) is 11.0 Å². The number of aryl methyl sites for hydroxylation is 1. The summed E-state index contributed by atoms with van der Waals surface area (Å²) < 4.78 is 7.91. The summed E-state index contributed by atoms with van der Waals surface area (Å²) in [6, 6.07) is 12.0. The molecule has 6 nitrogen and oxygen atoms in total. The van der Waals surface area contributed by atoms with Crippen molar-refractivity contribution in [2.75, 3.05) is 17.7 Å². The molecule has 0 spiro atoms. The van der Waals surface area contributed by atoms with Crippen molar-refractivity contribution in [3.63, 3.8) is 0 Å². The minimum Gasteiger partial charge on any atom is -0.376 e. The number of nitrogens with zero attached hydrogens (tertiary/aromatic N) is 3. The number of rotatable bonds is 8. The fourth-order valence-corrected chi connectivity index (χ4v) is 4.76. The zero-order valence-electron chi connectivity index (χ0n) is 16.3. The molecule has 1 unspecified atom stereocenters. The molecule has 0 saturated carbocycles. The average Bonchev–Trinajstić information content (AvgIpc) is 3.50. The lowest BCUT2D eigenvalue weighted by atomic mass is 10.1. The van der Waals surface area contributed by atoms with Gasteiger partial charge in [-0.1, -0.05) is 36.9 Å². The molecular formula is C21H24N4O2S2. The van der Waals surface area contributed by atoms with Crippen LogP contribution in [0.4, 0.5) is 5.69 Å². The minimum atomic E-state index is -0.0522. The van der Waals surface area contributed by atoms with E-state index in [0.29, 0.717) is 6.54 Å². The highest BCUT2D eigenvalue weighted by Crippen LogP contribution is 2.29. The van der Waals surface area contributed by atoms with Crippen LogP contribution >= 0.6 is 23.1 Å². The van der Waals surface area contributed by atoms with Crippen molar-refractivity contribution in [2.24, 2.45) is 0 Å². The third-order valence-corrected chi connectivity index (χ3v) is 6.68. The van der Waals surface area contributed by atoms with Gasteiger partial charge in [-0.3, -0.25) is 9.36 Å². The summed E-state index contributed by atoms with van der Waals surface area (Å²) in [4.78, 5) is 13.5. The van der Waals surface area contributed by atoms with Gasteiger partial charge in [0.05, 0.1) is 23.3 Å². The predicted molar refractivity (Wildman–Crippen MR) is 117 cm³/mol. The Morgan fingerprint density at radius 1 is 1.31 bits per heavy atom. The first-order valence-corrected chi connectivity index (χ1v) is 11.7. The minimum absolute atomic E-state index is 0.0522. The van der Waals surface area contributed by atoms with Crippen LogP contribution in [-0.4, -0.2) is 39.1 Å². The number of carbonyl (C=O) groups excluding carboxylic acids is 1. The molecule has 4 rings (SSSR count). The fourth-order valence-electron chi connectivity index (χ4n) is 3.29. The molecule has 1 aliphatic rings. The molecule has 1 saturated heterocycles. The molecule has 1 aliphatic heterocycles. The standard InChI is InChI=1S/C21H24N4O2S2/c1-2-15-7-9-16(10-8-15)22-19(26)14-29-21-24-23-20(18-6-4-12-28-18)25(21)13-17-5-3-11-27-17/h4,6-10,12,17H,2-3,5,11,13-14H2,1H3,(H,22,26). The number of nitrogens with one attached hydrogen (secondary N) is 1. The molecule has 8 heteroatoms. The lowest BCUT2D eigenvalue weighted by Gasteiger charge is -2.14. The number of hydrogen-bond donors (Lipinski definition) is 1. The summed E-state index contributed by atoms with van der Waals surface area (Å²) >= 11 is 3.05. The summed E-state index contributed by atoms with van der Waals surface area (Å²) in [5.74, 6) is 1.07. The highest BCUT2D eigenvalue weighted by molar-refractivity contribution is 7.99. The molecule has 0 radical (unpaired) electrons. The Bertz CT molecular complexity index is 932. The van der Waals surface area contributed by atoms with Crippen LogP contribution in [0.25, 0.3) is 10.7 Å². The molecule has 3 aromatic rings. The molecule has 0 bridgehead atoms. The fraction of sp³-hybridized carbons (Fsp3) is 0.381. The Hall–Kier alpha value is -2.16. The van der Waals surface area contributed by atoms with Crippen LogP contribution in [0, 0.1) is 0 Å². The Morgan fingerprint density at radius 2 is 2.17 bits per heavy atom. The van der Waals surface area contributed by atoms with Gasteiger partial charge in [0.1, 0.15) is 0 Å². The van der Waals surface area contributed by atoms with E-state index in [4.69, 9.17) is 4.74 Å². The van der Waals surface area contributed by atoms with E-state index in [-0.39, 0.29) is 17.8 Å². The van der Waals surface area contributed by atoms with Crippen molar-refractivity contribution in [2.45, 2.75) is 44.0 Å². The molecule has 1 fully saturated rings. The lowest BCUT2D eigenvalue weighted by Crippen LogP contribution is -2.18. The molecule has 2 aromatic heterocycles. The van der Waals surface area contributed by atoms with Crippen LogP contribution in [0.3, 0.4) is 0 Å². The van der Waals surface area contributed by atoms with Crippen LogP contribution in [0.5, 0.6) is 0 Å². The molecule has 29 heavy (non-hydrogen) atoms. The van der Waals surface area contributed by atoms with Gasteiger partial charge in [0, 0.05) is 12.3 Å². The summed E-state index contributed by atoms with van der Waals surface area (Å²) in [6.45, 7) is 3.63. The van der Waals surface area contributed by atoms with E-state index < -0.39 is 0 Å². The van der Waals surface area contributed by atoms with Gasteiger partial charge in [-0.15, -0.1) is 21.5 Å². The topological polar surface area (TPSA) is 69.0 Å². The van der Waals surface area contributed by atoms with Gasteiger partial charge in [-0.05, 0) is 48.4 Å². The maximum absolute atomic E-state index is 12.4. The first kappa shape index (κ1) is 20.1. The molecule has 0 aliphatic carbocycles. The van der Waals surface area contributed by atoms with Crippen molar-refractivity contribution in [3.05, 3.63) is 47.3 Å². The first-order valence-electron chi connectivity index (χ1n) is 9.83. The molecule has 1 atom stereocenters. The second-order valence-electron chi connectivity index (χ2n) is 6.92. The molecule has 152 valence electrons. The van der Waals surface area contributed by atoms with E-state index in [0.717, 1.165) is 47.4 Å². The van der Waals surface area contributed by atoms with Crippen molar-refractivity contribution >= 4 is 34.7 Å². The molecular weight excluding hydrogens is 404 g/mol. The summed E-state index contributed by atoms with van der Waals surface area (Å²) in [6.07, 6.45) is 3.29. The maximum Gasteiger partial charge on any atom is 0.234 e. The van der Waals surface area contributed by atoms with Gasteiger partial charge in [0.25, 0.3) is 0 Å². The van der Waals surface area contributed by atoms with Gasteiger partial charge in [-0.25, -0.2) is 0 Å². The maximum atomic E-state index is 12.4.